The summed E-state index contributed by atoms with van der Waals surface area (Å²) in [4.78, 5) is 0. The molecule has 12 aromatic carbocycles. The van der Waals surface area contributed by atoms with Crippen molar-refractivity contribution in [1.29, 1.82) is 0 Å². The number of nitrogens with zero attached hydrogens (tertiary/aromatic N) is 2. The molecule has 0 aliphatic carbocycles. The summed E-state index contributed by atoms with van der Waals surface area (Å²) >= 11 is 0. The van der Waals surface area contributed by atoms with Crippen molar-refractivity contribution < 1.29 is 0 Å². The first kappa shape index (κ1) is 54.4. The van der Waals surface area contributed by atoms with Gasteiger partial charge in [0.15, 0.2) is 0 Å². The van der Waals surface area contributed by atoms with E-state index in [-0.39, 0.29) is 0 Å². The highest BCUT2D eigenvalue weighted by Crippen LogP contribution is 2.34. The Balaban J connectivity index is 0.000000161. The van der Waals surface area contributed by atoms with Gasteiger partial charge in [0, 0.05) is 56.7 Å². The van der Waals surface area contributed by atoms with E-state index in [9.17, 15) is 0 Å². The highest BCUT2D eigenvalue weighted by molar-refractivity contribution is 6.10. The van der Waals surface area contributed by atoms with Crippen LogP contribution in [-0.4, -0.2) is 9.13 Å². The van der Waals surface area contributed by atoms with Crippen LogP contribution in [0.25, 0.3) is 113 Å². The molecule has 0 atom stereocenters. The van der Waals surface area contributed by atoms with Gasteiger partial charge in [-0.15, -0.1) is 0 Å². The smallest absolute Gasteiger partial charge is 0.0497 e. The zero-order valence-corrected chi connectivity index (χ0v) is 48.6. The Morgan fingerprint density at radius 1 is 0.244 bits per heavy atom. The molecule has 0 fully saturated rings. The largest absolute Gasteiger partial charge is 0.341 e. The maximum Gasteiger partial charge on any atom is 0.0497 e. The number of hydrogen-bond donors (Lipinski definition) is 0. The SMILES string of the molecule is C(=C(c1ccccc1)c1ccccc1)c1ccc(-c2ccc(C=C(c3ccccc3)c3ccccc3)cc2)cc1.CCn1c2ccccc2c2cc(/C=C/c3ccc(-c4ccc(/C=C/c5ccc6c7ccccc7n(CC)c6c5)cc4)cc3)ccc21. The standard InChI is InChI=1S/C44H36N2.C40H30/c1-3-45-42-12-8-6-10-38(42)40-29-33(22-28-43(40)45)15-13-31-17-23-35(24-18-31)36-25-19-32(20-26-36)14-16-34-21-27-39-37-9-5-7-11-41(37)46(4-2)44(39)30-34;1-5-13-35(14-6-1)39(36-15-7-2-8-16-36)29-31-21-25-33(26-22-31)34-27-23-32(24-28-34)30-40(37-17-9-3-10-18-37)38-19-11-4-12-20-38/h5-30H,3-4H2,1-2H3;1-30H/b15-13+,16-14+;. The molecule has 14 rings (SSSR count). The van der Waals surface area contributed by atoms with Crippen LogP contribution in [0.1, 0.15) is 69.5 Å². The lowest BCUT2D eigenvalue weighted by atomic mass is 9.94. The molecule has 86 heavy (non-hydrogen) atoms. The normalized spacial score (nSPS) is 11.4. The summed E-state index contributed by atoms with van der Waals surface area (Å²) in [5.74, 6) is 0. The molecule has 2 nitrogen and oxygen atoms in total. The third-order valence-electron chi connectivity index (χ3n) is 16.4. The summed E-state index contributed by atoms with van der Waals surface area (Å²) < 4.78 is 4.80. The fraction of sp³-hybridized carbons (Fsp3) is 0.0476. The average molecular weight is 1100 g/mol. The van der Waals surface area contributed by atoms with E-state index in [1.807, 2.05) is 0 Å². The Hall–Kier alpha value is -10.8. The number of fused-ring (bicyclic) bond motifs is 6. The number of benzene rings is 12. The van der Waals surface area contributed by atoms with Crippen molar-refractivity contribution in [3.63, 3.8) is 0 Å². The molecule has 412 valence electrons. The van der Waals surface area contributed by atoms with Crippen LogP contribution in [0.4, 0.5) is 0 Å². The molecule has 0 radical (unpaired) electrons. The van der Waals surface area contributed by atoms with Crippen molar-refractivity contribution in [2.45, 2.75) is 26.9 Å². The van der Waals surface area contributed by atoms with Gasteiger partial charge < -0.3 is 9.13 Å². The second kappa shape index (κ2) is 25.4. The summed E-state index contributed by atoms with van der Waals surface area (Å²) in [5, 5.41) is 5.27. The monoisotopic (exact) mass is 1100 g/mol. The van der Waals surface area contributed by atoms with E-state index in [1.54, 1.807) is 0 Å². The molecule has 0 bridgehead atoms. The van der Waals surface area contributed by atoms with Gasteiger partial charge in [-0.25, -0.2) is 0 Å². The second-order valence-electron chi connectivity index (χ2n) is 21.8. The lowest BCUT2D eigenvalue weighted by Crippen LogP contribution is -1.92. The molecule has 0 saturated carbocycles. The number of hydrogen-bond acceptors (Lipinski definition) is 0. The van der Waals surface area contributed by atoms with Gasteiger partial charge in [0.1, 0.15) is 0 Å². The molecule has 2 heterocycles. The fourth-order valence-electron chi connectivity index (χ4n) is 12.0. The minimum atomic E-state index is 0.956. The zero-order valence-electron chi connectivity index (χ0n) is 48.6. The van der Waals surface area contributed by atoms with Crippen LogP contribution >= 0.6 is 0 Å². The summed E-state index contributed by atoms with van der Waals surface area (Å²) in [6, 6.07) is 109. The molecular formula is C84H66N2. The Labute approximate surface area is 505 Å². The molecule has 0 aliphatic rings. The topological polar surface area (TPSA) is 9.86 Å². The highest BCUT2D eigenvalue weighted by atomic mass is 15.0. The number of rotatable bonds is 14. The molecule has 0 spiro atoms. The van der Waals surface area contributed by atoms with E-state index in [0.29, 0.717) is 0 Å². The molecule has 14 aromatic rings. The van der Waals surface area contributed by atoms with Crippen LogP contribution in [0.2, 0.25) is 0 Å². The quantitative estimate of drug-likeness (QED) is 0.0961. The Kier molecular flexibility index (Phi) is 16.1. The van der Waals surface area contributed by atoms with Crippen molar-refractivity contribution >= 4 is 91.2 Å². The van der Waals surface area contributed by atoms with Crippen molar-refractivity contribution in [3.05, 3.63) is 359 Å². The van der Waals surface area contributed by atoms with Crippen LogP contribution < -0.4 is 0 Å². The van der Waals surface area contributed by atoms with E-state index >= 15 is 0 Å². The maximum atomic E-state index is 2.41. The minimum absolute atomic E-state index is 0.956. The molecule has 0 unspecified atom stereocenters. The summed E-state index contributed by atoms with van der Waals surface area (Å²) in [6.07, 6.45) is 13.4. The fourth-order valence-corrected chi connectivity index (χ4v) is 12.0. The summed E-state index contributed by atoms with van der Waals surface area (Å²) in [7, 11) is 0. The van der Waals surface area contributed by atoms with Gasteiger partial charge >= 0.3 is 0 Å². The lowest BCUT2D eigenvalue weighted by Gasteiger charge is -2.10. The molecule has 0 aliphatic heterocycles. The van der Waals surface area contributed by atoms with E-state index in [4.69, 9.17) is 0 Å². The Morgan fingerprint density at radius 2 is 0.535 bits per heavy atom. The van der Waals surface area contributed by atoms with E-state index in [0.717, 1.165) is 13.1 Å². The Bertz CT molecular complexity index is 4510. The molecule has 0 saturated heterocycles. The minimum Gasteiger partial charge on any atom is -0.341 e. The first-order valence-corrected chi connectivity index (χ1v) is 30.0. The van der Waals surface area contributed by atoms with E-state index < -0.39 is 0 Å². The van der Waals surface area contributed by atoms with Gasteiger partial charge in [-0.2, -0.15) is 0 Å². The van der Waals surface area contributed by atoms with Crippen molar-refractivity contribution in [2.24, 2.45) is 0 Å². The summed E-state index contributed by atoms with van der Waals surface area (Å²) in [5.41, 5.74) is 24.5. The van der Waals surface area contributed by atoms with Gasteiger partial charge in [-0.3, -0.25) is 0 Å². The third kappa shape index (κ3) is 11.9. The van der Waals surface area contributed by atoms with Crippen molar-refractivity contribution in [1.82, 2.24) is 9.13 Å². The average Bonchev–Trinajstić information content (AvgIpc) is 1.92. The van der Waals surface area contributed by atoms with Gasteiger partial charge in [0.2, 0.25) is 0 Å². The lowest BCUT2D eigenvalue weighted by molar-refractivity contribution is 0.827. The first-order valence-electron chi connectivity index (χ1n) is 30.0. The van der Waals surface area contributed by atoms with Crippen molar-refractivity contribution in [2.75, 3.05) is 0 Å². The van der Waals surface area contributed by atoms with Gasteiger partial charge in [-0.1, -0.05) is 297 Å². The van der Waals surface area contributed by atoms with E-state index in [1.165, 1.54) is 133 Å². The zero-order chi connectivity index (χ0) is 58.0. The van der Waals surface area contributed by atoms with Crippen LogP contribution in [-0.2, 0) is 13.1 Å². The predicted octanol–water partition coefficient (Wildman–Crippen LogP) is 22.5. The number of para-hydroxylation sites is 2. The second-order valence-corrected chi connectivity index (χ2v) is 21.8. The molecule has 0 amide bonds. The maximum absolute atomic E-state index is 2.41. The molecule has 0 N–H and O–H groups in total. The van der Waals surface area contributed by atoms with Gasteiger partial charge in [-0.05, 0) is 145 Å². The third-order valence-corrected chi connectivity index (χ3v) is 16.4. The predicted molar refractivity (Wildman–Crippen MR) is 372 cm³/mol. The number of aromatic nitrogens is 2. The number of aryl methyl sites for hydroxylation is 2. The van der Waals surface area contributed by atoms with Crippen LogP contribution in [0.3, 0.4) is 0 Å². The van der Waals surface area contributed by atoms with Crippen LogP contribution in [0.5, 0.6) is 0 Å². The molecular weight excluding hydrogens is 1040 g/mol. The molecule has 2 aromatic heterocycles. The van der Waals surface area contributed by atoms with Gasteiger partial charge in [0.25, 0.3) is 0 Å². The Morgan fingerprint density at radius 3 is 0.942 bits per heavy atom. The van der Waals surface area contributed by atoms with Crippen molar-refractivity contribution in [3.8, 4) is 22.3 Å². The summed E-state index contributed by atoms with van der Waals surface area (Å²) in [6.45, 7) is 6.35. The van der Waals surface area contributed by atoms with E-state index in [2.05, 4.69) is 363 Å². The highest BCUT2D eigenvalue weighted by Gasteiger charge is 2.12. The first-order chi connectivity index (χ1) is 42.5. The van der Waals surface area contributed by atoms with Gasteiger partial charge in [0.05, 0.1) is 0 Å². The molecule has 2 heteroatoms. The van der Waals surface area contributed by atoms with Crippen LogP contribution in [0.15, 0.2) is 303 Å². The van der Waals surface area contributed by atoms with Crippen LogP contribution in [0, 0.1) is 0 Å².